The number of nitrogens with zero attached hydrogens (tertiary/aromatic N) is 1. The fourth-order valence-electron chi connectivity index (χ4n) is 3.61. The third-order valence-electron chi connectivity index (χ3n) is 4.86. The van der Waals surface area contributed by atoms with Crippen molar-refractivity contribution in [2.75, 3.05) is 16.2 Å². The van der Waals surface area contributed by atoms with E-state index in [1.807, 2.05) is 48.5 Å². The van der Waals surface area contributed by atoms with Gasteiger partial charge in [0.2, 0.25) is 0 Å². The molecule has 0 spiro atoms. The predicted molar refractivity (Wildman–Crippen MR) is 124 cm³/mol. The van der Waals surface area contributed by atoms with Crippen molar-refractivity contribution in [1.29, 1.82) is 0 Å². The minimum absolute atomic E-state index is 0.217. The van der Waals surface area contributed by atoms with Gasteiger partial charge in [-0.1, -0.05) is 70.5 Å². The van der Waals surface area contributed by atoms with Crippen LogP contribution in [0.15, 0.2) is 88.2 Å². The minimum Gasteiger partial charge on any atom is -0.321 e. The molecule has 0 radical (unpaired) electrons. The summed E-state index contributed by atoms with van der Waals surface area (Å²) >= 11 is 3.37. The lowest BCUT2D eigenvalue weighted by Crippen LogP contribution is -2.39. The molecule has 0 saturated heterocycles. The molecule has 0 aromatic heterocycles. The second-order valence-electron chi connectivity index (χ2n) is 6.72. The van der Waals surface area contributed by atoms with E-state index in [1.54, 1.807) is 37.3 Å². The van der Waals surface area contributed by atoms with E-state index in [0.717, 1.165) is 4.47 Å². The summed E-state index contributed by atoms with van der Waals surface area (Å²) in [5, 5.41) is 2.75. The zero-order chi connectivity index (χ0) is 21.3. The smallest absolute Gasteiger partial charge is 0.270 e. The number of halogens is 1. The Hall–Kier alpha value is -2.90. The molecule has 0 fully saturated rings. The molecule has 1 aliphatic rings. The van der Waals surface area contributed by atoms with Crippen molar-refractivity contribution in [2.45, 2.75) is 6.92 Å². The molecule has 4 rings (SSSR count). The van der Waals surface area contributed by atoms with E-state index in [1.165, 1.54) is 4.31 Å². The van der Waals surface area contributed by atoms with Gasteiger partial charge < -0.3 is 5.32 Å². The Kier molecular flexibility index (Phi) is 5.49. The Morgan fingerprint density at radius 2 is 1.67 bits per heavy atom. The Labute approximate surface area is 184 Å². The summed E-state index contributed by atoms with van der Waals surface area (Å²) in [6.45, 7) is 1.97. The number of nitrogens with one attached hydrogen (secondary N) is 1. The first-order valence-corrected chi connectivity index (χ1v) is 11.7. The number of rotatable bonds is 4. The first kappa shape index (κ1) is 20.4. The topological polar surface area (TPSA) is 66.5 Å². The average Bonchev–Trinajstić information content (AvgIpc) is 2.73. The Morgan fingerprint density at radius 1 is 0.967 bits per heavy atom. The van der Waals surface area contributed by atoms with Crippen molar-refractivity contribution in [1.82, 2.24) is 0 Å². The highest BCUT2D eigenvalue weighted by atomic mass is 79.9. The number of hydrogen-bond acceptors (Lipinski definition) is 3. The number of sulfonamides is 1. The van der Waals surface area contributed by atoms with E-state index < -0.39 is 15.9 Å². The largest absolute Gasteiger partial charge is 0.321 e. The highest BCUT2D eigenvalue weighted by Gasteiger charge is 2.40. The van der Waals surface area contributed by atoms with Crippen LogP contribution in [0.1, 0.15) is 18.1 Å². The third kappa shape index (κ3) is 3.55. The summed E-state index contributed by atoms with van der Waals surface area (Å²) in [5.41, 5.74) is 2.86. The molecule has 0 bridgehead atoms. The standard InChI is InChI=1S/C23H19BrN2O3S/c1-2-26-20-14-7-6-13-19(20)21(16-9-4-3-5-10-16)22(30(26,28)29)23(27)25-18-12-8-11-17(24)15-18/h3-15H,2H2,1H3,(H,25,27). The fraction of sp³-hybridized carbons (Fsp3) is 0.0870. The summed E-state index contributed by atoms with van der Waals surface area (Å²) in [5.74, 6) is -0.667. The molecule has 7 heteroatoms. The first-order chi connectivity index (χ1) is 14.4. The van der Waals surface area contributed by atoms with Crippen LogP contribution in [0.3, 0.4) is 0 Å². The van der Waals surface area contributed by atoms with E-state index in [0.29, 0.717) is 28.1 Å². The number of benzene rings is 3. The van der Waals surface area contributed by atoms with Gasteiger partial charge in [-0.15, -0.1) is 0 Å². The molecule has 152 valence electrons. The number of carbonyl (C=O) groups excluding carboxylic acids is 1. The lowest BCUT2D eigenvalue weighted by atomic mass is 9.95. The lowest BCUT2D eigenvalue weighted by Gasteiger charge is -2.32. The second-order valence-corrected chi connectivity index (χ2v) is 9.44. The fourth-order valence-corrected chi connectivity index (χ4v) is 5.76. The van der Waals surface area contributed by atoms with Crippen LogP contribution >= 0.6 is 15.9 Å². The molecule has 30 heavy (non-hydrogen) atoms. The zero-order valence-electron chi connectivity index (χ0n) is 16.2. The summed E-state index contributed by atoms with van der Waals surface area (Å²) < 4.78 is 29.2. The monoisotopic (exact) mass is 482 g/mol. The normalized spacial score (nSPS) is 14.9. The van der Waals surface area contributed by atoms with Crippen LogP contribution in [0.4, 0.5) is 11.4 Å². The highest BCUT2D eigenvalue weighted by molar-refractivity contribution is 9.10. The van der Waals surface area contributed by atoms with Gasteiger partial charge in [0.1, 0.15) is 0 Å². The third-order valence-corrected chi connectivity index (χ3v) is 7.29. The quantitative estimate of drug-likeness (QED) is 0.567. The summed E-state index contributed by atoms with van der Waals surface area (Å²) in [4.78, 5) is 13.1. The number of para-hydroxylation sites is 1. The van der Waals surface area contributed by atoms with E-state index in [4.69, 9.17) is 0 Å². The van der Waals surface area contributed by atoms with Gasteiger partial charge >= 0.3 is 0 Å². The van der Waals surface area contributed by atoms with Gasteiger partial charge in [-0.2, -0.15) is 0 Å². The van der Waals surface area contributed by atoms with Crippen LogP contribution in [-0.4, -0.2) is 20.9 Å². The molecule has 0 aliphatic carbocycles. The highest BCUT2D eigenvalue weighted by Crippen LogP contribution is 2.42. The second kappa shape index (κ2) is 8.08. The number of hydrogen-bond donors (Lipinski definition) is 1. The summed E-state index contributed by atoms with van der Waals surface area (Å²) in [7, 11) is -4.07. The first-order valence-electron chi connectivity index (χ1n) is 9.42. The lowest BCUT2D eigenvalue weighted by molar-refractivity contribution is -0.112. The minimum atomic E-state index is -4.07. The van der Waals surface area contributed by atoms with Gasteiger partial charge in [-0.05, 0) is 36.8 Å². The van der Waals surface area contributed by atoms with Gasteiger partial charge in [0.25, 0.3) is 15.9 Å². The van der Waals surface area contributed by atoms with E-state index >= 15 is 0 Å². The van der Waals surface area contributed by atoms with Gasteiger partial charge in [0.05, 0.1) is 5.69 Å². The Morgan fingerprint density at radius 3 is 2.37 bits per heavy atom. The van der Waals surface area contributed by atoms with Gasteiger partial charge in [-0.3, -0.25) is 9.10 Å². The van der Waals surface area contributed by atoms with Crippen LogP contribution in [-0.2, 0) is 14.8 Å². The molecule has 1 amide bonds. The molecule has 3 aromatic rings. The number of amides is 1. The van der Waals surface area contributed by atoms with Crippen molar-refractivity contribution in [3.8, 4) is 0 Å². The zero-order valence-corrected chi connectivity index (χ0v) is 18.6. The average molecular weight is 483 g/mol. The van der Waals surface area contributed by atoms with Crippen LogP contribution in [0.25, 0.3) is 5.57 Å². The molecule has 0 unspecified atom stereocenters. The van der Waals surface area contributed by atoms with Gasteiger partial charge in [0.15, 0.2) is 4.91 Å². The van der Waals surface area contributed by atoms with Gasteiger partial charge in [0, 0.05) is 27.8 Å². The molecule has 1 aliphatic heterocycles. The van der Waals surface area contributed by atoms with Crippen LogP contribution in [0.5, 0.6) is 0 Å². The predicted octanol–water partition coefficient (Wildman–Crippen LogP) is 5.02. The molecule has 1 heterocycles. The Bertz CT molecular complexity index is 1250. The van der Waals surface area contributed by atoms with E-state index in [-0.39, 0.29) is 11.4 Å². The molecule has 0 saturated carbocycles. The van der Waals surface area contributed by atoms with Crippen molar-refractivity contribution in [2.24, 2.45) is 0 Å². The molecule has 5 nitrogen and oxygen atoms in total. The maximum Gasteiger partial charge on any atom is 0.270 e. The van der Waals surface area contributed by atoms with Crippen LogP contribution < -0.4 is 9.62 Å². The van der Waals surface area contributed by atoms with Crippen molar-refractivity contribution >= 4 is 48.8 Å². The maximum absolute atomic E-state index is 13.6. The maximum atomic E-state index is 13.6. The number of carbonyl (C=O) groups is 1. The SMILES string of the molecule is CCN1c2ccccc2C(c2ccccc2)=C(C(=O)Nc2cccc(Br)c2)S1(=O)=O. The van der Waals surface area contributed by atoms with Crippen molar-refractivity contribution in [3.05, 3.63) is 99.4 Å². The van der Waals surface area contributed by atoms with E-state index in [2.05, 4.69) is 21.2 Å². The Balaban J connectivity index is 1.98. The van der Waals surface area contributed by atoms with Crippen LogP contribution in [0, 0.1) is 0 Å². The molecule has 3 aromatic carbocycles. The molecule has 0 atom stereocenters. The van der Waals surface area contributed by atoms with Crippen molar-refractivity contribution in [3.63, 3.8) is 0 Å². The number of fused-ring (bicyclic) bond motifs is 1. The summed E-state index contributed by atoms with van der Waals surface area (Å²) in [6.07, 6.45) is 0. The van der Waals surface area contributed by atoms with E-state index in [9.17, 15) is 13.2 Å². The van der Waals surface area contributed by atoms with Gasteiger partial charge in [-0.25, -0.2) is 8.42 Å². The van der Waals surface area contributed by atoms with Crippen LogP contribution in [0.2, 0.25) is 0 Å². The molecular formula is C23H19BrN2O3S. The van der Waals surface area contributed by atoms with Crippen molar-refractivity contribution < 1.29 is 13.2 Å². The molecular weight excluding hydrogens is 464 g/mol. The molecule has 1 N–H and O–H groups in total. The number of anilines is 2. The summed E-state index contributed by atoms with van der Waals surface area (Å²) in [6, 6.07) is 23.4.